The van der Waals surface area contributed by atoms with Gasteiger partial charge in [0.1, 0.15) is 5.78 Å². The van der Waals surface area contributed by atoms with Crippen LogP contribution in [0.25, 0.3) is 0 Å². The molecule has 0 heterocycles. The Bertz CT molecular complexity index is 663. The molecule has 0 fully saturated rings. The van der Waals surface area contributed by atoms with Gasteiger partial charge >= 0.3 is 0 Å². The van der Waals surface area contributed by atoms with Gasteiger partial charge in [0.15, 0.2) is 5.78 Å². The molecule has 0 aliphatic carbocycles. The van der Waals surface area contributed by atoms with E-state index in [1.807, 2.05) is 6.07 Å². The molecule has 4 heteroatoms. The number of benzene rings is 2. The Balaban J connectivity index is 2.44. The first-order valence-electron chi connectivity index (χ1n) is 6.05. The summed E-state index contributed by atoms with van der Waals surface area (Å²) in [5.74, 6) is -0.0864. The van der Waals surface area contributed by atoms with Gasteiger partial charge in [-0.15, -0.1) is 0 Å². The van der Waals surface area contributed by atoms with Crippen molar-refractivity contribution in [1.82, 2.24) is 0 Å². The molecule has 0 radical (unpaired) electrons. The van der Waals surface area contributed by atoms with E-state index < -0.39 is 0 Å². The molecule has 0 aliphatic heterocycles. The van der Waals surface area contributed by atoms with E-state index in [2.05, 4.69) is 15.9 Å². The standard InChI is InChI=1S/C16H12BrClO2/c1-10(19)8-12-2-5-13(17)9-15(12)16(20)11-3-6-14(18)7-4-11/h2-7,9H,8H2,1H3. The van der Waals surface area contributed by atoms with Crippen LogP contribution in [0.5, 0.6) is 0 Å². The monoisotopic (exact) mass is 350 g/mol. The van der Waals surface area contributed by atoms with Crippen molar-refractivity contribution in [1.29, 1.82) is 0 Å². The van der Waals surface area contributed by atoms with E-state index in [1.165, 1.54) is 6.92 Å². The fourth-order valence-electron chi connectivity index (χ4n) is 1.94. The van der Waals surface area contributed by atoms with Crippen LogP contribution in [0, 0.1) is 0 Å². The van der Waals surface area contributed by atoms with Gasteiger partial charge in [0.05, 0.1) is 0 Å². The number of ketones is 2. The van der Waals surface area contributed by atoms with E-state index in [0.29, 0.717) is 16.1 Å². The zero-order valence-electron chi connectivity index (χ0n) is 10.8. The highest BCUT2D eigenvalue weighted by Gasteiger charge is 2.15. The molecule has 0 amide bonds. The van der Waals surface area contributed by atoms with Gasteiger partial charge < -0.3 is 0 Å². The summed E-state index contributed by atoms with van der Waals surface area (Å²) in [4.78, 5) is 23.9. The summed E-state index contributed by atoms with van der Waals surface area (Å²) in [5, 5.41) is 0.583. The highest BCUT2D eigenvalue weighted by atomic mass is 79.9. The zero-order valence-corrected chi connectivity index (χ0v) is 13.2. The van der Waals surface area contributed by atoms with Gasteiger partial charge in [-0.3, -0.25) is 9.59 Å². The second kappa shape index (κ2) is 6.33. The fraction of sp³-hybridized carbons (Fsp3) is 0.125. The van der Waals surface area contributed by atoms with Crippen molar-refractivity contribution >= 4 is 39.1 Å². The minimum absolute atomic E-state index is 0.0254. The molecule has 20 heavy (non-hydrogen) atoms. The summed E-state index contributed by atoms with van der Waals surface area (Å²) < 4.78 is 0.808. The summed E-state index contributed by atoms with van der Waals surface area (Å²) in [6, 6.07) is 12.1. The summed E-state index contributed by atoms with van der Waals surface area (Å²) >= 11 is 9.18. The molecule has 0 aliphatic rings. The predicted molar refractivity (Wildman–Crippen MR) is 83.4 cm³/mol. The Morgan fingerprint density at radius 1 is 1.10 bits per heavy atom. The lowest BCUT2D eigenvalue weighted by molar-refractivity contribution is -0.116. The number of carbonyl (C=O) groups excluding carboxylic acids is 2. The van der Waals surface area contributed by atoms with Crippen molar-refractivity contribution in [2.45, 2.75) is 13.3 Å². The zero-order chi connectivity index (χ0) is 14.7. The molecule has 2 rings (SSSR count). The summed E-state index contributed by atoms with van der Waals surface area (Å²) in [6.07, 6.45) is 0.252. The topological polar surface area (TPSA) is 34.1 Å². The lowest BCUT2D eigenvalue weighted by Gasteiger charge is -2.08. The van der Waals surface area contributed by atoms with Gasteiger partial charge in [-0.2, -0.15) is 0 Å². The minimum Gasteiger partial charge on any atom is -0.300 e. The van der Waals surface area contributed by atoms with Crippen LogP contribution in [0.15, 0.2) is 46.9 Å². The maximum Gasteiger partial charge on any atom is 0.193 e. The van der Waals surface area contributed by atoms with E-state index in [9.17, 15) is 9.59 Å². The summed E-state index contributed by atoms with van der Waals surface area (Å²) in [6.45, 7) is 1.51. The quantitative estimate of drug-likeness (QED) is 0.762. The van der Waals surface area contributed by atoms with E-state index >= 15 is 0 Å². The van der Waals surface area contributed by atoms with Crippen LogP contribution >= 0.6 is 27.5 Å². The molecular weight excluding hydrogens is 340 g/mol. The van der Waals surface area contributed by atoms with Crippen molar-refractivity contribution in [3.63, 3.8) is 0 Å². The van der Waals surface area contributed by atoms with Crippen LogP contribution in [0.3, 0.4) is 0 Å². The second-order valence-corrected chi connectivity index (χ2v) is 5.87. The Hall–Kier alpha value is -1.45. The number of hydrogen-bond donors (Lipinski definition) is 0. The van der Waals surface area contributed by atoms with Crippen molar-refractivity contribution < 1.29 is 9.59 Å². The number of hydrogen-bond acceptors (Lipinski definition) is 2. The first-order chi connectivity index (χ1) is 9.47. The number of Topliss-reactive ketones (excluding diaryl/α,β-unsaturated/α-hetero) is 1. The minimum atomic E-state index is -0.112. The highest BCUT2D eigenvalue weighted by molar-refractivity contribution is 9.10. The number of halogens is 2. The van der Waals surface area contributed by atoms with Crippen molar-refractivity contribution in [2.24, 2.45) is 0 Å². The van der Waals surface area contributed by atoms with Gasteiger partial charge in [-0.1, -0.05) is 33.6 Å². The van der Waals surface area contributed by atoms with Gasteiger partial charge in [-0.25, -0.2) is 0 Å². The molecule has 0 bridgehead atoms. The molecule has 0 atom stereocenters. The third-order valence-corrected chi connectivity index (χ3v) is 3.61. The number of rotatable bonds is 4. The van der Waals surface area contributed by atoms with E-state index in [0.717, 1.165) is 10.0 Å². The Morgan fingerprint density at radius 3 is 2.35 bits per heavy atom. The summed E-state index contributed by atoms with van der Waals surface area (Å²) in [7, 11) is 0. The lowest BCUT2D eigenvalue weighted by atomic mass is 9.96. The summed E-state index contributed by atoms with van der Waals surface area (Å²) in [5.41, 5.74) is 1.83. The van der Waals surface area contributed by atoms with E-state index in [1.54, 1.807) is 36.4 Å². The van der Waals surface area contributed by atoms with E-state index in [4.69, 9.17) is 11.6 Å². The molecule has 0 aromatic heterocycles. The molecule has 2 aromatic rings. The smallest absolute Gasteiger partial charge is 0.193 e. The Kier molecular flexibility index (Phi) is 4.73. The third kappa shape index (κ3) is 3.56. The molecule has 0 unspecified atom stereocenters. The van der Waals surface area contributed by atoms with Gasteiger partial charge in [0.25, 0.3) is 0 Å². The molecule has 0 N–H and O–H groups in total. The lowest BCUT2D eigenvalue weighted by Crippen LogP contribution is -2.08. The SMILES string of the molecule is CC(=O)Cc1ccc(Br)cc1C(=O)c1ccc(Cl)cc1. The van der Waals surface area contributed by atoms with Crippen LogP contribution in [-0.4, -0.2) is 11.6 Å². The number of carbonyl (C=O) groups is 2. The van der Waals surface area contributed by atoms with Crippen molar-refractivity contribution in [3.05, 3.63) is 68.7 Å². The van der Waals surface area contributed by atoms with Crippen LogP contribution in [0.1, 0.15) is 28.4 Å². The van der Waals surface area contributed by atoms with Gasteiger partial charge in [0.2, 0.25) is 0 Å². The third-order valence-electron chi connectivity index (χ3n) is 2.86. The maximum atomic E-state index is 12.5. The molecule has 0 saturated heterocycles. The molecular formula is C16H12BrClO2. The molecule has 0 spiro atoms. The first kappa shape index (κ1) is 14.9. The van der Waals surface area contributed by atoms with E-state index in [-0.39, 0.29) is 18.0 Å². The van der Waals surface area contributed by atoms with Crippen molar-refractivity contribution in [3.8, 4) is 0 Å². The average molecular weight is 352 g/mol. The largest absolute Gasteiger partial charge is 0.300 e. The molecule has 2 nitrogen and oxygen atoms in total. The van der Waals surface area contributed by atoms with Crippen molar-refractivity contribution in [2.75, 3.05) is 0 Å². The highest BCUT2D eigenvalue weighted by Crippen LogP contribution is 2.21. The van der Waals surface area contributed by atoms with Gasteiger partial charge in [0, 0.05) is 27.0 Å². The van der Waals surface area contributed by atoms with Crippen LogP contribution in [0.2, 0.25) is 5.02 Å². The van der Waals surface area contributed by atoms with Crippen LogP contribution in [0.4, 0.5) is 0 Å². The molecule has 0 saturated carbocycles. The fourth-order valence-corrected chi connectivity index (χ4v) is 2.43. The van der Waals surface area contributed by atoms with Gasteiger partial charge in [-0.05, 0) is 48.9 Å². The second-order valence-electron chi connectivity index (χ2n) is 4.52. The molecule has 2 aromatic carbocycles. The normalized spacial score (nSPS) is 10.3. The average Bonchev–Trinajstić information content (AvgIpc) is 2.40. The Labute approximate surface area is 130 Å². The maximum absolute atomic E-state index is 12.5. The molecule has 102 valence electrons. The van der Waals surface area contributed by atoms with Crippen LogP contribution in [-0.2, 0) is 11.2 Å². The first-order valence-corrected chi connectivity index (χ1v) is 7.22. The van der Waals surface area contributed by atoms with Crippen LogP contribution < -0.4 is 0 Å². The Morgan fingerprint density at radius 2 is 1.75 bits per heavy atom. The predicted octanol–water partition coefficient (Wildman–Crippen LogP) is 4.47.